The molecule has 0 saturated carbocycles. The predicted octanol–water partition coefficient (Wildman–Crippen LogP) is 5.67. The molecule has 1 heterocycles. The van der Waals surface area contributed by atoms with Gasteiger partial charge < -0.3 is 9.16 Å². The molecule has 0 aromatic heterocycles. The summed E-state index contributed by atoms with van der Waals surface area (Å²) in [5.74, 6) is 0.625. The van der Waals surface area contributed by atoms with Crippen molar-refractivity contribution < 1.29 is 14.0 Å². The van der Waals surface area contributed by atoms with Gasteiger partial charge >= 0.3 is 0 Å². The topological polar surface area (TPSA) is 35.5 Å². The van der Waals surface area contributed by atoms with Crippen molar-refractivity contribution in [2.75, 3.05) is 6.61 Å². The van der Waals surface area contributed by atoms with E-state index in [2.05, 4.69) is 88.4 Å². The number of benzene rings is 2. The van der Waals surface area contributed by atoms with Crippen LogP contribution < -0.4 is 10.4 Å². The molecule has 4 heteroatoms. The average molecular weight is 465 g/mol. The van der Waals surface area contributed by atoms with E-state index >= 15 is 0 Å². The number of carbonyl (C=O) groups is 1. The average Bonchev–Trinajstić information content (AvgIpc) is 2.79. The normalized spacial score (nSPS) is 21.9. The molecular weight excluding hydrogens is 424 g/mol. The number of allylic oxidation sites excluding steroid dienone is 2. The van der Waals surface area contributed by atoms with Gasteiger partial charge in [0.1, 0.15) is 0 Å². The molecule has 0 amide bonds. The summed E-state index contributed by atoms with van der Waals surface area (Å²) in [6.45, 7) is 11.7. The van der Waals surface area contributed by atoms with Crippen LogP contribution in [-0.4, -0.2) is 32.9 Å². The van der Waals surface area contributed by atoms with Crippen molar-refractivity contribution in [2.45, 2.75) is 77.5 Å². The molecule has 0 aliphatic carbocycles. The fourth-order valence-electron chi connectivity index (χ4n) is 5.15. The van der Waals surface area contributed by atoms with Gasteiger partial charge in [0.25, 0.3) is 8.32 Å². The van der Waals surface area contributed by atoms with E-state index in [-0.39, 0.29) is 23.0 Å². The van der Waals surface area contributed by atoms with E-state index in [0.717, 1.165) is 19.3 Å². The van der Waals surface area contributed by atoms with E-state index in [4.69, 9.17) is 9.16 Å². The zero-order chi connectivity index (χ0) is 23.9. The Hall–Kier alpha value is -2.01. The number of ether oxygens (including phenoxy) is 1. The number of rotatable bonds is 9. The van der Waals surface area contributed by atoms with E-state index < -0.39 is 8.32 Å². The summed E-state index contributed by atoms with van der Waals surface area (Å²) in [6, 6.07) is 21.5. The van der Waals surface area contributed by atoms with Gasteiger partial charge in [-0.2, -0.15) is 0 Å². The van der Waals surface area contributed by atoms with Gasteiger partial charge in [-0.05, 0) is 53.6 Å². The number of hydrogen-bond acceptors (Lipinski definition) is 3. The van der Waals surface area contributed by atoms with Crippen LogP contribution in [0.2, 0.25) is 5.04 Å². The minimum atomic E-state index is -2.53. The van der Waals surface area contributed by atoms with Gasteiger partial charge in [0.15, 0.2) is 5.78 Å². The first-order valence-corrected chi connectivity index (χ1v) is 14.2. The molecule has 0 unspecified atom stereocenters. The van der Waals surface area contributed by atoms with Crippen LogP contribution in [0.25, 0.3) is 0 Å². The first kappa shape index (κ1) is 25.6. The van der Waals surface area contributed by atoms with Gasteiger partial charge in [-0.3, -0.25) is 4.79 Å². The summed E-state index contributed by atoms with van der Waals surface area (Å²) in [6.07, 6.45) is 6.98. The van der Waals surface area contributed by atoms with E-state index in [9.17, 15) is 4.79 Å². The van der Waals surface area contributed by atoms with Crippen LogP contribution in [-0.2, 0) is 14.0 Å². The van der Waals surface area contributed by atoms with Crippen molar-refractivity contribution in [2.24, 2.45) is 5.92 Å². The molecular formula is C29H40O3Si. The molecule has 2 aromatic carbocycles. The Morgan fingerprint density at radius 1 is 1.03 bits per heavy atom. The highest BCUT2D eigenvalue weighted by Gasteiger charge is 2.50. The molecule has 0 N–H and O–H groups in total. The SMILES string of the molecule is C/C=C/C(=O)C[C@@H]1CC[C@H](C)[C@@H](CCO[Si](c2ccccc2)(c2ccccc2)C(C)(C)C)O1. The molecule has 1 saturated heterocycles. The van der Waals surface area contributed by atoms with E-state index in [0.29, 0.717) is 18.9 Å². The fourth-order valence-corrected chi connectivity index (χ4v) is 9.73. The van der Waals surface area contributed by atoms with Crippen molar-refractivity contribution in [3.05, 3.63) is 72.8 Å². The predicted molar refractivity (Wildman–Crippen MR) is 140 cm³/mol. The van der Waals surface area contributed by atoms with Crippen molar-refractivity contribution in [3.8, 4) is 0 Å². The maximum absolute atomic E-state index is 12.1. The summed E-state index contributed by atoms with van der Waals surface area (Å²) < 4.78 is 13.5. The third-order valence-corrected chi connectivity index (χ3v) is 11.9. The Morgan fingerprint density at radius 2 is 1.61 bits per heavy atom. The summed E-state index contributed by atoms with van der Waals surface area (Å²) in [4.78, 5) is 12.1. The molecule has 33 heavy (non-hydrogen) atoms. The van der Waals surface area contributed by atoms with E-state index in [1.54, 1.807) is 6.08 Å². The lowest BCUT2D eigenvalue weighted by Crippen LogP contribution is -2.66. The van der Waals surface area contributed by atoms with Crippen LogP contribution in [0.4, 0.5) is 0 Å². The van der Waals surface area contributed by atoms with E-state index in [1.165, 1.54) is 10.4 Å². The molecule has 1 fully saturated rings. The number of ketones is 1. The summed E-state index contributed by atoms with van der Waals surface area (Å²) in [5.41, 5.74) is 0. The Balaban J connectivity index is 1.79. The summed E-state index contributed by atoms with van der Waals surface area (Å²) >= 11 is 0. The van der Waals surface area contributed by atoms with Crippen LogP contribution >= 0.6 is 0 Å². The van der Waals surface area contributed by atoms with Gasteiger partial charge in [-0.25, -0.2) is 0 Å². The van der Waals surface area contributed by atoms with Gasteiger partial charge in [0.05, 0.1) is 12.2 Å². The molecule has 0 bridgehead atoms. The van der Waals surface area contributed by atoms with Gasteiger partial charge in [0.2, 0.25) is 0 Å². The first-order chi connectivity index (χ1) is 15.8. The monoisotopic (exact) mass is 464 g/mol. The second-order valence-corrected chi connectivity index (χ2v) is 14.6. The smallest absolute Gasteiger partial charge is 0.261 e. The van der Waals surface area contributed by atoms with Crippen molar-refractivity contribution in [1.29, 1.82) is 0 Å². The summed E-state index contributed by atoms with van der Waals surface area (Å²) in [7, 11) is -2.53. The molecule has 3 rings (SSSR count). The lowest BCUT2D eigenvalue weighted by Gasteiger charge is -2.43. The third kappa shape index (κ3) is 6.11. The molecule has 2 aromatic rings. The quantitative estimate of drug-likeness (QED) is 0.354. The minimum absolute atomic E-state index is 0.0164. The summed E-state index contributed by atoms with van der Waals surface area (Å²) in [5, 5.41) is 2.57. The van der Waals surface area contributed by atoms with Crippen LogP contribution in [0, 0.1) is 5.92 Å². The highest BCUT2D eigenvalue weighted by atomic mass is 28.4. The maximum atomic E-state index is 12.1. The second kappa shape index (κ2) is 11.4. The molecule has 178 valence electrons. The van der Waals surface area contributed by atoms with Crippen molar-refractivity contribution >= 4 is 24.5 Å². The van der Waals surface area contributed by atoms with Crippen molar-refractivity contribution in [1.82, 2.24) is 0 Å². The fraction of sp³-hybridized carbons (Fsp3) is 0.483. The van der Waals surface area contributed by atoms with Gasteiger partial charge in [0, 0.05) is 13.0 Å². The number of carbonyl (C=O) groups excluding carboxylic acids is 1. The van der Waals surface area contributed by atoms with Crippen LogP contribution in [0.1, 0.15) is 60.3 Å². The lowest BCUT2D eigenvalue weighted by molar-refractivity contribution is -0.124. The first-order valence-electron chi connectivity index (χ1n) is 12.3. The zero-order valence-electron chi connectivity index (χ0n) is 20.9. The van der Waals surface area contributed by atoms with Crippen LogP contribution in [0.3, 0.4) is 0 Å². The second-order valence-electron chi connectivity index (χ2n) is 10.3. The Morgan fingerprint density at radius 3 is 2.12 bits per heavy atom. The van der Waals surface area contributed by atoms with Gasteiger partial charge in [-0.1, -0.05) is 94.4 Å². The van der Waals surface area contributed by atoms with Crippen LogP contribution in [0.15, 0.2) is 72.8 Å². The molecule has 3 nitrogen and oxygen atoms in total. The third-order valence-electron chi connectivity index (χ3n) is 6.87. The molecule has 0 spiro atoms. The highest BCUT2D eigenvalue weighted by Crippen LogP contribution is 2.37. The van der Waals surface area contributed by atoms with Crippen LogP contribution in [0.5, 0.6) is 0 Å². The molecule has 1 aliphatic heterocycles. The molecule has 3 atom stereocenters. The van der Waals surface area contributed by atoms with Crippen molar-refractivity contribution in [3.63, 3.8) is 0 Å². The highest BCUT2D eigenvalue weighted by molar-refractivity contribution is 6.99. The maximum Gasteiger partial charge on any atom is 0.261 e. The molecule has 0 radical (unpaired) electrons. The van der Waals surface area contributed by atoms with E-state index in [1.807, 2.05) is 13.0 Å². The Labute approximate surface area is 201 Å². The Bertz CT molecular complexity index is 862. The lowest BCUT2D eigenvalue weighted by atomic mass is 9.90. The standard InChI is InChI=1S/C29H40O3Si/c1-6-13-24(30)22-25-19-18-23(2)28(32-25)20-21-31-33(29(3,4)5,26-14-9-7-10-15-26)27-16-11-8-12-17-27/h6-17,23,25,28H,18-22H2,1-5H3/b13-6+/t23-,25-,28+/m0/s1. The number of hydrogen-bond donors (Lipinski definition) is 0. The van der Waals surface area contributed by atoms with Gasteiger partial charge in [-0.15, -0.1) is 0 Å². The molecule has 1 aliphatic rings. The largest absolute Gasteiger partial charge is 0.407 e. The minimum Gasteiger partial charge on any atom is -0.407 e. The zero-order valence-corrected chi connectivity index (χ0v) is 21.9. The Kier molecular flexibility index (Phi) is 8.86.